The molecule has 4 heteroatoms. The lowest BCUT2D eigenvalue weighted by atomic mass is 9.89. The highest BCUT2D eigenvalue weighted by atomic mass is 16.4. The standard InChI is InChI=1S/C16H25NO3/c1-15(2,3)9-10-17-14(19)12-8-7-11(20-12)13(18)16(4,5)6/h7-8H,9-10H2,1-6H3,(H,17,19). The van der Waals surface area contributed by atoms with E-state index in [0.29, 0.717) is 6.54 Å². The Morgan fingerprint density at radius 2 is 1.60 bits per heavy atom. The largest absolute Gasteiger partial charge is 0.448 e. The van der Waals surface area contributed by atoms with Gasteiger partial charge in [0, 0.05) is 12.0 Å². The highest BCUT2D eigenvalue weighted by molar-refractivity contribution is 5.99. The number of nitrogens with one attached hydrogen (secondary N) is 1. The number of furan rings is 1. The molecule has 1 rings (SSSR count). The van der Waals surface area contributed by atoms with Crippen LogP contribution >= 0.6 is 0 Å². The molecule has 0 unspecified atom stereocenters. The van der Waals surface area contributed by atoms with Crippen LogP contribution < -0.4 is 5.32 Å². The predicted octanol–water partition coefficient (Wildman–Crippen LogP) is 3.67. The predicted molar refractivity (Wildman–Crippen MR) is 78.9 cm³/mol. The molecule has 0 saturated carbocycles. The molecule has 1 aromatic rings. The van der Waals surface area contributed by atoms with E-state index in [2.05, 4.69) is 26.1 Å². The van der Waals surface area contributed by atoms with Crippen LogP contribution in [0.2, 0.25) is 0 Å². The van der Waals surface area contributed by atoms with Crippen molar-refractivity contribution in [3.63, 3.8) is 0 Å². The van der Waals surface area contributed by atoms with E-state index in [4.69, 9.17) is 4.42 Å². The zero-order valence-corrected chi connectivity index (χ0v) is 13.3. The van der Waals surface area contributed by atoms with E-state index in [-0.39, 0.29) is 28.6 Å². The summed E-state index contributed by atoms with van der Waals surface area (Å²) in [5, 5.41) is 2.80. The Morgan fingerprint density at radius 3 is 2.10 bits per heavy atom. The van der Waals surface area contributed by atoms with Crippen molar-refractivity contribution in [1.82, 2.24) is 5.32 Å². The molecular weight excluding hydrogens is 254 g/mol. The summed E-state index contributed by atoms with van der Waals surface area (Å²) in [6, 6.07) is 3.11. The van der Waals surface area contributed by atoms with Crippen LogP contribution in [-0.4, -0.2) is 18.2 Å². The van der Waals surface area contributed by atoms with Gasteiger partial charge in [-0.05, 0) is 24.0 Å². The van der Waals surface area contributed by atoms with Crippen LogP contribution in [0.3, 0.4) is 0 Å². The number of carbonyl (C=O) groups excluding carboxylic acids is 2. The van der Waals surface area contributed by atoms with Gasteiger partial charge in [0.15, 0.2) is 11.5 Å². The van der Waals surface area contributed by atoms with Gasteiger partial charge in [0.1, 0.15) is 0 Å². The van der Waals surface area contributed by atoms with Crippen LogP contribution in [-0.2, 0) is 0 Å². The molecular formula is C16H25NO3. The van der Waals surface area contributed by atoms with Crippen LogP contribution in [0.1, 0.15) is 69.1 Å². The van der Waals surface area contributed by atoms with Gasteiger partial charge >= 0.3 is 0 Å². The van der Waals surface area contributed by atoms with E-state index in [1.807, 2.05) is 20.8 Å². The fourth-order valence-electron chi connectivity index (χ4n) is 1.59. The number of hydrogen-bond acceptors (Lipinski definition) is 3. The molecule has 0 fully saturated rings. The SMILES string of the molecule is CC(C)(C)CCNC(=O)c1ccc(C(=O)C(C)(C)C)o1. The van der Waals surface area contributed by atoms with E-state index in [0.717, 1.165) is 6.42 Å². The molecule has 0 radical (unpaired) electrons. The minimum atomic E-state index is -0.516. The summed E-state index contributed by atoms with van der Waals surface area (Å²) in [4.78, 5) is 23.9. The van der Waals surface area contributed by atoms with E-state index in [9.17, 15) is 9.59 Å². The van der Waals surface area contributed by atoms with Gasteiger partial charge < -0.3 is 9.73 Å². The van der Waals surface area contributed by atoms with E-state index in [1.165, 1.54) is 0 Å². The summed E-state index contributed by atoms with van der Waals surface area (Å²) >= 11 is 0. The fraction of sp³-hybridized carbons (Fsp3) is 0.625. The van der Waals surface area contributed by atoms with Crippen LogP contribution in [0.15, 0.2) is 16.5 Å². The maximum atomic E-state index is 12.0. The number of ketones is 1. The molecule has 0 bridgehead atoms. The van der Waals surface area contributed by atoms with Gasteiger partial charge in [-0.3, -0.25) is 9.59 Å². The van der Waals surface area contributed by atoms with Crippen LogP contribution in [0.5, 0.6) is 0 Å². The third kappa shape index (κ3) is 4.83. The molecule has 112 valence electrons. The summed E-state index contributed by atoms with van der Waals surface area (Å²) < 4.78 is 5.35. The zero-order valence-electron chi connectivity index (χ0n) is 13.3. The molecule has 1 aromatic heterocycles. The van der Waals surface area contributed by atoms with Crippen LogP contribution in [0.4, 0.5) is 0 Å². The second-order valence-corrected chi connectivity index (χ2v) is 7.31. The first-order valence-electron chi connectivity index (χ1n) is 6.93. The van der Waals surface area contributed by atoms with Crippen LogP contribution in [0.25, 0.3) is 0 Å². The Kier molecular flexibility index (Phi) is 4.79. The lowest BCUT2D eigenvalue weighted by Crippen LogP contribution is -2.27. The van der Waals surface area contributed by atoms with Gasteiger partial charge in [-0.2, -0.15) is 0 Å². The summed E-state index contributed by atoms with van der Waals surface area (Å²) in [6.45, 7) is 12.4. The van der Waals surface area contributed by atoms with E-state index >= 15 is 0 Å². The fourth-order valence-corrected chi connectivity index (χ4v) is 1.59. The smallest absolute Gasteiger partial charge is 0.287 e. The normalized spacial score (nSPS) is 12.3. The molecule has 1 heterocycles. The molecule has 0 aliphatic rings. The Labute approximate surface area is 120 Å². The van der Waals surface area contributed by atoms with Gasteiger partial charge in [-0.25, -0.2) is 0 Å². The van der Waals surface area contributed by atoms with E-state index in [1.54, 1.807) is 12.1 Å². The molecule has 1 N–H and O–H groups in total. The first-order chi connectivity index (χ1) is 9.00. The third-order valence-corrected chi connectivity index (χ3v) is 2.90. The highest BCUT2D eigenvalue weighted by Crippen LogP contribution is 2.22. The minimum absolute atomic E-state index is 0.105. The lowest BCUT2D eigenvalue weighted by Gasteiger charge is -2.17. The monoisotopic (exact) mass is 279 g/mol. The lowest BCUT2D eigenvalue weighted by molar-refractivity contribution is 0.0821. The summed E-state index contributed by atoms with van der Waals surface area (Å²) in [5.74, 6) is 0.0402. The topological polar surface area (TPSA) is 59.3 Å². The van der Waals surface area contributed by atoms with Crippen LogP contribution in [0, 0.1) is 10.8 Å². The Balaban J connectivity index is 2.64. The minimum Gasteiger partial charge on any atom is -0.448 e. The summed E-state index contributed by atoms with van der Waals surface area (Å²) in [5.41, 5.74) is -0.346. The highest BCUT2D eigenvalue weighted by Gasteiger charge is 2.26. The number of Topliss-reactive ketones (excluding diaryl/α,β-unsaturated/α-hetero) is 1. The van der Waals surface area contributed by atoms with Gasteiger partial charge in [0.25, 0.3) is 5.91 Å². The molecule has 20 heavy (non-hydrogen) atoms. The second kappa shape index (κ2) is 5.81. The molecule has 0 aliphatic carbocycles. The van der Waals surface area contributed by atoms with Gasteiger partial charge in [0.05, 0.1) is 0 Å². The molecule has 1 amide bonds. The quantitative estimate of drug-likeness (QED) is 0.855. The van der Waals surface area contributed by atoms with Crippen molar-refractivity contribution in [3.05, 3.63) is 23.7 Å². The van der Waals surface area contributed by atoms with Crippen molar-refractivity contribution in [1.29, 1.82) is 0 Å². The molecule has 0 aliphatic heterocycles. The average molecular weight is 279 g/mol. The number of carbonyl (C=O) groups is 2. The summed E-state index contributed by atoms with van der Waals surface area (Å²) in [7, 11) is 0. The maximum absolute atomic E-state index is 12.0. The van der Waals surface area contributed by atoms with Gasteiger partial charge in [0.2, 0.25) is 5.78 Å². The van der Waals surface area contributed by atoms with Gasteiger partial charge in [-0.15, -0.1) is 0 Å². The molecule has 0 saturated heterocycles. The average Bonchev–Trinajstić information content (AvgIpc) is 2.73. The number of rotatable bonds is 4. The first kappa shape index (κ1) is 16.5. The Morgan fingerprint density at radius 1 is 1.05 bits per heavy atom. The maximum Gasteiger partial charge on any atom is 0.287 e. The molecule has 0 spiro atoms. The second-order valence-electron chi connectivity index (χ2n) is 7.31. The van der Waals surface area contributed by atoms with Crippen molar-refractivity contribution in [2.75, 3.05) is 6.54 Å². The van der Waals surface area contributed by atoms with Crippen molar-refractivity contribution < 1.29 is 14.0 Å². The number of amides is 1. The van der Waals surface area contributed by atoms with E-state index < -0.39 is 5.41 Å². The Hall–Kier alpha value is -1.58. The summed E-state index contributed by atoms with van der Waals surface area (Å²) in [6.07, 6.45) is 0.882. The number of hydrogen-bond donors (Lipinski definition) is 1. The van der Waals surface area contributed by atoms with Gasteiger partial charge in [-0.1, -0.05) is 41.5 Å². The third-order valence-electron chi connectivity index (χ3n) is 2.90. The Bertz CT molecular complexity index is 487. The van der Waals surface area contributed by atoms with Crippen molar-refractivity contribution in [3.8, 4) is 0 Å². The van der Waals surface area contributed by atoms with Crippen molar-refractivity contribution in [2.24, 2.45) is 10.8 Å². The molecule has 4 nitrogen and oxygen atoms in total. The van der Waals surface area contributed by atoms with Crippen molar-refractivity contribution >= 4 is 11.7 Å². The zero-order chi connectivity index (χ0) is 15.6. The van der Waals surface area contributed by atoms with Crippen molar-refractivity contribution in [2.45, 2.75) is 48.0 Å². The molecule has 0 aromatic carbocycles. The molecule has 0 atom stereocenters. The first-order valence-corrected chi connectivity index (χ1v) is 6.93.